The Morgan fingerprint density at radius 3 is 3.00 bits per heavy atom. The standard InChI is InChI=1S/C17H27NOS/c1-4-18-13(2)14-7-5-9-16(11-14)20-17-10-6-8-15(12-17)19-3/h5,7,9,11,13,15,17-18H,4,6,8,10,12H2,1-3H3. The van der Waals surface area contributed by atoms with Crippen LogP contribution in [-0.2, 0) is 4.74 Å². The molecule has 0 spiro atoms. The molecule has 1 saturated carbocycles. The minimum atomic E-state index is 0.429. The van der Waals surface area contributed by atoms with Crippen LogP contribution in [0.15, 0.2) is 29.2 Å². The maximum absolute atomic E-state index is 5.53. The van der Waals surface area contributed by atoms with Gasteiger partial charge in [-0.25, -0.2) is 0 Å². The molecule has 0 aromatic heterocycles. The second-order valence-corrected chi connectivity index (χ2v) is 6.99. The highest BCUT2D eigenvalue weighted by atomic mass is 32.2. The van der Waals surface area contributed by atoms with Gasteiger partial charge in [0.25, 0.3) is 0 Å². The third-order valence-electron chi connectivity index (χ3n) is 4.08. The van der Waals surface area contributed by atoms with E-state index in [0.29, 0.717) is 17.4 Å². The van der Waals surface area contributed by atoms with E-state index < -0.39 is 0 Å². The van der Waals surface area contributed by atoms with Crippen molar-refractivity contribution in [3.63, 3.8) is 0 Å². The van der Waals surface area contributed by atoms with Crippen LogP contribution in [0.25, 0.3) is 0 Å². The largest absolute Gasteiger partial charge is 0.381 e. The summed E-state index contributed by atoms with van der Waals surface area (Å²) in [5.74, 6) is 0. The van der Waals surface area contributed by atoms with Crippen LogP contribution in [0.3, 0.4) is 0 Å². The van der Waals surface area contributed by atoms with Crippen LogP contribution < -0.4 is 5.32 Å². The Morgan fingerprint density at radius 2 is 2.25 bits per heavy atom. The highest BCUT2D eigenvalue weighted by molar-refractivity contribution is 8.00. The van der Waals surface area contributed by atoms with E-state index in [-0.39, 0.29) is 0 Å². The normalized spacial score (nSPS) is 24.6. The molecule has 1 aliphatic carbocycles. The van der Waals surface area contributed by atoms with E-state index in [4.69, 9.17) is 4.74 Å². The van der Waals surface area contributed by atoms with Gasteiger partial charge in [0.2, 0.25) is 0 Å². The van der Waals surface area contributed by atoms with Gasteiger partial charge in [-0.1, -0.05) is 19.1 Å². The highest BCUT2D eigenvalue weighted by Crippen LogP contribution is 2.35. The quantitative estimate of drug-likeness (QED) is 0.839. The highest BCUT2D eigenvalue weighted by Gasteiger charge is 2.22. The van der Waals surface area contributed by atoms with E-state index >= 15 is 0 Å². The summed E-state index contributed by atoms with van der Waals surface area (Å²) in [5, 5.41) is 4.19. The number of thioether (sulfide) groups is 1. The molecule has 3 heteroatoms. The zero-order valence-electron chi connectivity index (χ0n) is 12.9. The fourth-order valence-electron chi connectivity index (χ4n) is 2.90. The Morgan fingerprint density at radius 1 is 1.40 bits per heavy atom. The van der Waals surface area contributed by atoms with E-state index in [1.165, 1.54) is 36.1 Å². The number of methoxy groups -OCH3 is 1. The van der Waals surface area contributed by atoms with Gasteiger partial charge in [0.05, 0.1) is 6.10 Å². The minimum Gasteiger partial charge on any atom is -0.381 e. The molecule has 0 bridgehead atoms. The predicted octanol–water partition coefficient (Wildman–Crippen LogP) is 4.41. The lowest BCUT2D eigenvalue weighted by molar-refractivity contribution is 0.0730. The monoisotopic (exact) mass is 293 g/mol. The first-order chi connectivity index (χ1) is 9.72. The second-order valence-electron chi connectivity index (χ2n) is 5.62. The Labute approximate surface area is 127 Å². The summed E-state index contributed by atoms with van der Waals surface area (Å²) in [6.07, 6.45) is 5.49. The zero-order chi connectivity index (χ0) is 14.4. The molecular formula is C17H27NOS. The van der Waals surface area contributed by atoms with Gasteiger partial charge in [0.15, 0.2) is 0 Å². The molecule has 2 nitrogen and oxygen atoms in total. The number of nitrogens with one attached hydrogen (secondary N) is 1. The Balaban J connectivity index is 1.97. The van der Waals surface area contributed by atoms with Crippen LogP contribution in [0.5, 0.6) is 0 Å². The number of hydrogen-bond donors (Lipinski definition) is 1. The number of ether oxygens (including phenoxy) is 1. The van der Waals surface area contributed by atoms with Crippen molar-refractivity contribution in [3.05, 3.63) is 29.8 Å². The van der Waals surface area contributed by atoms with Gasteiger partial charge in [0, 0.05) is 23.3 Å². The summed E-state index contributed by atoms with van der Waals surface area (Å²) in [7, 11) is 1.84. The molecule has 1 aliphatic rings. The maximum atomic E-state index is 5.53. The fourth-order valence-corrected chi connectivity index (χ4v) is 4.24. The Hall–Kier alpha value is -0.510. The van der Waals surface area contributed by atoms with Crippen LogP contribution >= 0.6 is 11.8 Å². The van der Waals surface area contributed by atoms with Crippen molar-refractivity contribution in [3.8, 4) is 0 Å². The molecule has 3 unspecified atom stereocenters. The van der Waals surface area contributed by atoms with Crippen molar-refractivity contribution in [2.45, 2.75) is 61.8 Å². The smallest absolute Gasteiger partial charge is 0.0582 e. The summed E-state index contributed by atoms with van der Waals surface area (Å²) >= 11 is 2.03. The molecule has 0 radical (unpaired) electrons. The molecule has 0 heterocycles. The van der Waals surface area contributed by atoms with Gasteiger partial charge < -0.3 is 10.1 Å². The second kappa shape index (κ2) is 8.06. The van der Waals surface area contributed by atoms with Gasteiger partial charge in [0.1, 0.15) is 0 Å². The SMILES string of the molecule is CCNC(C)c1cccc(SC2CCCC(OC)C2)c1. The molecule has 1 aromatic carbocycles. The fraction of sp³-hybridized carbons (Fsp3) is 0.647. The summed E-state index contributed by atoms with van der Waals surface area (Å²) in [6, 6.07) is 9.41. The number of hydrogen-bond acceptors (Lipinski definition) is 3. The van der Waals surface area contributed by atoms with E-state index in [1.54, 1.807) is 0 Å². The van der Waals surface area contributed by atoms with E-state index in [2.05, 4.69) is 43.4 Å². The number of benzene rings is 1. The van der Waals surface area contributed by atoms with Crippen molar-refractivity contribution < 1.29 is 4.74 Å². The summed E-state index contributed by atoms with van der Waals surface area (Å²) < 4.78 is 5.53. The van der Waals surface area contributed by atoms with Crippen molar-refractivity contribution in [2.75, 3.05) is 13.7 Å². The van der Waals surface area contributed by atoms with Crippen molar-refractivity contribution in [1.29, 1.82) is 0 Å². The average Bonchev–Trinajstić information content (AvgIpc) is 2.48. The summed E-state index contributed by atoms with van der Waals surface area (Å²) in [5.41, 5.74) is 1.39. The average molecular weight is 293 g/mol. The third kappa shape index (κ3) is 4.51. The Bertz CT molecular complexity index is 410. The molecule has 3 atom stereocenters. The molecule has 20 heavy (non-hydrogen) atoms. The van der Waals surface area contributed by atoms with E-state index in [1.807, 2.05) is 18.9 Å². The molecular weight excluding hydrogens is 266 g/mol. The van der Waals surface area contributed by atoms with Crippen LogP contribution in [0.4, 0.5) is 0 Å². The van der Waals surface area contributed by atoms with Crippen molar-refractivity contribution in [2.24, 2.45) is 0 Å². The molecule has 2 rings (SSSR count). The van der Waals surface area contributed by atoms with Crippen LogP contribution in [-0.4, -0.2) is 25.0 Å². The summed E-state index contributed by atoms with van der Waals surface area (Å²) in [4.78, 5) is 1.40. The van der Waals surface area contributed by atoms with Crippen LogP contribution in [0, 0.1) is 0 Å². The lowest BCUT2D eigenvalue weighted by atomic mass is 9.97. The number of rotatable bonds is 6. The van der Waals surface area contributed by atoms with Gasteiger partial charge in [-0.3, -0.25) is 0 Å². The molecule has 112 valence electrons. The maximum Gasteiger partial charge on any atom is 0.0582 e. The molecule has 0 amide bonds. The predicted molar refractivity (Wildman–Crippen MR) is 87.4 cm³/mol. The van der Waals surface area contributed by atoms with E-state index in [9.17, 15) is 0 Å². The van der Waals surface area contributed by atoms with Crippen LogP contribution in [0.1, 0.15) is 51.1 Å². The lowest BCUT2D eigenvalue weighted by Gasteiger charge is -2.27. The van der Waals surface area contributed by atoms with Crippen LogP contribution in [0.2, 0.25) is 0 Å². The van der Waals surface area contributed by atoms with Gasteiger partial charge in [-0.15, -0.1) is 11.8 Å². The first-order valence-electron chi connectivity index (χ1n) is 7.75. The Kier molecular flexibility index (Phi) is 6.40. The molecule has 0 saturated heterocycles. The molecule has 1 fully saturated rings. The first-order valence-corrected chi connectivity index (χ1v) is 8.63. The molecule has 1 N–H and O–H groups in total. The molecule has 0 aliphatic heterocycles. The van der Waals surface area contributed by atoms with Gasteiger partial charge in [-0.05, 0) is 56.8 Å². The lowest BCUT2D eigenvalue weighted by Crippen LogP contribution is -2.23. The third-order valence-corrected chi connectivity index (χ3v) is 5.37. The minimum absolute atomic E-state index is 0.429. The van der Waals surface area contributed by atoms with Crippen molar-refractivity contribution in [1.82, 2.24) is 5.32 Å². The molecule has 1 aromatic rings. The van der Waals surface area contributed by atoms with Gasteiger partial charge >= 0.3 is 0 Å². The van der Waals surface area contributed by atoms with Crippen molar-refractivity contribution >= 4 is 11.8 Å². The topological polar surface area (TPSA) is 21.3 Å². The van der Waals surface area contributed by atoms with E-state index in [0.717, 1.165) is 6.54 Å². The van der Waals surface area contributed by atoms with Gasteiger partial charge in [-0.2, -0.15) is 0 Å². The summed E-state index contributed by atoms with van der Waals surface area (Å²) in [6.45, 7) is 5.40. The first kappa shape index (κ1) is 15.9. The zero-order valence-corrected chi connectivity index (χ0v) is 13.7.